The Kier molecular flexibility index (Phi) is 6.57. The first-order valence-corrected chi connectivity index (χ1v) is 7.16. The zero-order valence-corrected chi connectivity index (χ0v) is 12.8. The van der Waals surface area contributed by atoms with Crippen molar-refractivity contribution in [3.63, 3.8) is 0 Å². The number of hydrogen-bond acceptors (Lipinski definition) is 3. The highest BCUT2D eigenvalue weighted by molar-refractivity contribution is 6.33. The molecule has 108 valence electrons. The summed E-state index contributed by atoms with van der Waals surface area (Å²) in [5.41, 5.74) is 0.421. The fourth-order valence-corrected chi connectivity index (χ4v) is 2.28. The Hall–Kier alpha value is -0.320. The molecule has 3 N–H and O–H groups in total. The van der Waals surface area contributed by atoms with Gasteiger partial charge in [-0.1, -0.05) is 30.1 Å². The van der Waals surface area contributed by atoms with Crippen molar-refractivity contribution >= 4 is 23.2 Å². The van der Waals surface area contributed by atoms with Crippen molar-refractivity contribution in [3.8, 4) is 0 Å². The van der Waals surface area contributed by atoms with Crippen molar-refractivity contribution in [2.75, 3.05) is 13.2 Å². The fraction of sp³-hybridized carbons (Fsp3) is 0.571. The smallest absolute Gasteiger partial charge is 0.0929 e. The Balaban J connectivity index is 2.69. The van der Waals surface area contributed by atoms with Gasteiger partial charge < -0.3 is 15.5 Å². The first-order valence-electron chi connectivity index (χ1n) is 6.41. The van der Waals surface area contributed by atoms with Crippen molar-refractivity contribution in [2.45, 2.75) is 38.3 Å². The number of benzene rings is 1. The molecule has 3 nitrogen and oxygen atoms in total. The molecule has 2 atom stereocenters. The molecule has 0 radical (unpaired) electrons. The summed E-state index contributed by atoms with van der Waals surface area (Å²) >= 11 is 12.0. The summed E-state index contributed by atoms with van der Waals surface area (Å²) in [6.45, 7) is 4.55. The summed E-state index contributed by atoms with van der Waals surface area (Å²) in [5.74, 6) is 0. The summed E-state index contributed by atoms with van der Waals surface area (Å²) in [5, 5.41) is 23.6. The maximum atomic E-state index is 10.2. The van der Waals surface area contributed by atoms with Gasteiger partial charge in [-0.05, 0) is 38.0 Å². The molecule has 0 bridgehead atoms. The SMILES string of the molecule is CCC(C)(CCO)NCC(O)c1cc(Cl)ccc1Cl. The van der Waals surface area contributed by atoms with E-state index >= 15 is 0 Å². The van der Waals surface area contributed by atoms with Crippen LogP contribution in [-0.4, -0.2) is 28.9 Å². The van der Waals surface area contributed by atoms with Gasteiger partial charge in [0.2, 0.25) is 0 Å². The van der Waals surface area contributed by atoms with Crippen LogP contribution in [-0.2, 0) is 0 Å². The topological polar surface area (TPSA) is 52.5 Å². The summed E-state index contributed by atoms with van der Waals surface area (Å²) in [4.78, 5) is 0. The predicted octanol–water partition coefficient (Wildman–Crippen LogP) is 3.17. The Morgan fingerprint density at radius 3 is 2.63 bits per heavy atom. The molecular formula is C14H21Cl2NO2. The highest BCUT2D eigenvalue weighted by Crippen LogP contribution is 2.26. The van der Waals surface area contributed by atoms with E-state index in [1.54, 1.807) is 18.2 Å². The third-order valence-electron chi connectivity index (χ3n) is 3.48. The monoisotopic (exact) mass is 305 g/mol. The average Bonchev–Trinajstić information content (AvgIpc) is 2.39. The standard InChI is InChI=1S/C14H21Cl2NO2/c1-3-14(2,6-7-18)17-9-13(19)11-8-10(15)4-5-12(11)16/h4-5,8,13,17-19H,3,6-7,9H2,1-2H3. The van der Waals surface area contributed by atoms with Gasteiger partial charge in [-0.25, -0.2) is 0 Å². The lowest BCUT2D eigenvalue weighted by atomic mass is 9.94. The lowest BCUT2D eigenvalue weighted by molar-refractivity contribution is 0.145. The molecule has 1 rings (SSSR count). The van der Waals surface area contributed by atoms with E-state index in [-0.39, 0.29) is 12.1 Å². The van der Waals surface area contributed by atoms with Crippen LogP contribution in [0.3, 0.4) is 0 Å². The van der Waals surface area contributed by atoms with Crippen LogP contribution in [0.2, 0.25) is 10.0 Å². The molecule has 0 heterocycles. The van der Waals surface area contributed by atoms with Gasteiger partial charge in [-0.3, -0.25) is 0 Å². The minimum absolute atomic E-state index is 0.116. The second kappa shape index (κ2) is 7.46. The van der Waals surface area contributed by atoms with Crippen LogP contribution in [0.4, 0.5) is 0 Å². The molecule has 5 heteroatoms. The number of hydrogen-bond donors (Lipinski definition) is 3. The Labute approximate surface area is 124 Å². The van der Waals surface area contributed by atoms with Crippen LogP contribution in [0, 0.1) is 0 Å². The molecule has 0 aliphatic heterocycles. The van der Waals surface area contributed by atoms with E-state index in [1.807, 2.05) is 13.8 Å². The molecule has 0 amide bonds. The number of β-amino-alcohol motifs (C(OH)–C–C–N with tert-alkyl or cyclic N) is 1. The van der Waals surface area contributed by atoms with Gasteiger partial charge in [0.1, 0.15) is 0 Å². The lowest BCUT2D eigenvalue weighted by Crippen LogP contribution is -2.44. The van der Waals surface area contributed by atoms with Crippen molar-refractivity contribution in [2.24, 2.45) is 0 Å². The molecule has 0 spiro atoms. The highest BCUT2D eigenvalue weighted by atomic mass is 35.5. The van der Waals surface area contributed by atoms with E-state index in [4.69, 9.17) is 28.3 Å². The van der Waals surface area contributed by atoms with Gasteiger partial charge in [-0.15, -0.1) is 0 Å². The number of aliphatic hydroxyl groups is 2. The molecule has 0 fully saturated rings. The summed E-state index contributed by atoms with van der Waals surface area (Å²) < 4.78 is 0. The van der Waals surface area contributed by atoms with Gasteiger partial charge in [0, 0.05) is 34.3 Å². The van der Waals surface area contributed by atoms with Gasteiger partial charge in [0.25, 0.3) is 0 Å². The maximum absolute atomic E-state index is 10.2. The third kappa shape index (κ3) is 4.93. The molecule has 19 heavy (non-hydrogen) atoms. The number of rotatable bonds is 7. The molecular weight excluding hydrogens is 285 g/mol. The van der Waals surface area contributed by atoms with Gasteiger partial charge in [0.05, 0.1) is 6.10 Å². The van der Waals surface area contributed by atoms with E-state index in [0.717, 1.165) is 6.42 Å². The largest absolute Gasteiger partial charge is 0.396 e. The molecule has 0 aliphatic rings. The van der Waals surface area contributed by atoms with Crippen LogP contribution in [0.1, 0.15) is 38.4 Å². The molecule has 1 aromatic rings. The molecule has 0 aromatic heterocycles. The summed E-state index contributed by atoms with van der Waals surface area (Å²) in [6, 6.07) is 5.04. The molecule has 2 unspecified atom stereocenters. The number of halogens is 2. The predicted molar refractivity (Wildman–Crippen MR) is 79.8 cm³/mol. The molecule has 0 aliphatic carbocycles. The minimum atomic E-state index is -0.726. The molecule has 1 aromatic carbocycles. The van der Waals surface area contributed by atoms with Crippen molar-refractivity contribution in [1.82, 2.24) is 5.32 Å². The van der Waals surface area contributed by atoms with Gasteiger partial charge in [0.15, 0.2) is 0 Å². The van der Waals surface area contributed by atoms with E-state index in [0.29, 0.717) is 28.6 Å². The fourth-order valence-electron chi connectivity index (χ4n) is 1.86. The van der Waals surface area contributed by atoms with E-state index in [2.05, 4.69) is 5.32 Å². The van der Waals surface area contributed by atoms with Crippen LogP contribution in [0.15, 0.2) is 18.2 Å². The van der Waals surface area contributed by atoms with Crippen LogP contribution < -0.4 is 5.32 Å². The summed E-state index contributed by atoms with van der Waals surface area (Å²) in [7, 11) is 0. The average molecular weight is 306 g/mol. The second-order valence-corrected chi connectivity index (χ2v) is 5.79. The number of nitrogens with one attached hydrogen (secondary N) is 1. The second-order valence-electron chi connectivity index (χ2n) is 4.95. The Morgan fingerprint density at radius 1 is 1.37 bits per heavy atom. The maximum Gasteiger partial charge on any atom is 0.0929 e. The van der Waals surface area contributed by atoms with E-state index < -0.39 is 6.10 Å². The van der Waals surface area contributed by atoms with Crippen molar-refractivity contribution in [1.29, 1.82) is 0 Å². The zero-order chi connectivity index (χ0) is 14.5. The van der Waals surface area contributed by atoms with Gasteiger partial charge in [-0.2, -0.15) is 0 Å². The normalized spacial score (nSPS) is 16.1. The first kappa shape index (κ1) is 16.7. The Morgan fingerprint density at radius 2 is 2.05 bits per heavy atom. The summed E-state index contributed by atoms with van der Waals surface area (Å²) in [6.07, 6.45) is 0.777. The van der Waals surface area contributed by atoms with Crippen LogP contribution in [0.25, 0.3) is 0 Å². The third-order valence-corrected chi connectivity index (χ3v) is 4.06. The highest BCUT2D eigenvalue weighted by Gasteiger charge is 2.22. The number of aliphatic hydroxyl groups excluding tert-OH is 2. The van der Waals surface area contributed by atoms with E-state index in [1.165, 1.54) is 0 Å². The van der Waals surface area contributed by atoms with Gasteiger partial charge >= 0.3 is 0 Å². The minimum Gasteiger partial charge on any atom is -0.396 e. The Bertz CT molecular complexity index is 414. The zero-order valence-electron chi connectivity index (χ0n) is 11.3. The first-order chi connectivity index (χ1) is 8.91. The van der Waals surface area contributed by atoms with Crippen molar-refractivity contribution in [3.05, 3.63) is 33.8 Å². The van der Waals surface area contributed by atoms with Crippen molar-refractivity contribution < 1.29 is 10.2 Å². The molecule has 0 saturated carbocycles. The molecule has 0 saturated heterocycles. The van der Waals surface area contributed by atoms with Crippen LogP contribution >= 0.6 is 23.2 Å². The van der Waals surface area contributed by atoms with E-state index in [9.17, 15) is 5.11 Å². The lowest BCUT2D eigenvalue weighted by Gasteiger charge is -2.30. The van der Waals surface area contributed by atoms with Crippen LogP contribution in [0.5, 0.6) is 0 Å². The quantitative estimate of drug-likeness (QED) is 0.725.